The number of hydrogen-bond acceptors (Lipinski definition) is 6. The molecule has 0 spiro atoms. The van der Waals surface area contributed by atoms with Crippen molar-refractivity contribution in [2.24, 2.45) is 0 Å². The Morgan fingerprint density at radius 2 is 1.47 bits per heavy atom. The standard InChI is InChI=1S/C28H48O6Si2/c1-27(2,3)35(8,9)33-24-18-22(26(29)30-7)17-23(25(24)34-36(10,11)28(4,5)6)32-20-31-19-21-15-13-12-14-16-21/h12-17,23-25H,18-20H2,1-11H3/t23-,24+,25+/m0/s1. The second-order valence-corrected chi connectivity index (χ2v) is 22.2. The molecule has 0 bridgehead atoms. The molecule has 0 saturated heterocycles. The van der Waals surface area contributed by atoms with Gasteiger partial charge in [0.2, 0.25) is 0 Å². The molecule has 0 heterocycles. The quantitative estimate of drug-likeness (QED) is 0.141. The van der Waals surface area contributed by atoms with E-state index >= 15 is 0 Å². The second kappa shape index (κ2) is 12.0. The summed E-state index contributed by atoms with van der Waals surface area (Å²) in [7, 11) is -2.95. The van der Waals surface area contributed by atoms with Crippen molar-refractivity contribution < 1.29 is 27.9 Å². The number of rotatable bonds is 10. The minimum absolute atomic E-state index is 0.00915. The van der Waals surface area contributed by atoms with Crippen LogP contribution >= 0.6 is 0 Å². The van der Waals surface area contributed by atoms with Crippen LogP contribution in [0.15, 0.2) is 42.0 Å². The predicted octanol–water partition coefficient (Wildman–Crippen LogP) is 6.83. The summed E-state index contributed by atoms with van der Waals surface area (Å²) in [5.74, 6) is -0.358. The molecule has 1 aromatic rings. The molecule has 1 aromatic carbocycles. The van der Waals surface area contributed by atoms with Crippen LogP contribution in [0.2, 0.25) is 36.3 Å². The lowest BCUT2D eigenvalue weighted by Gasteiger charge is -2.48. The average Bonchev–Trinajstić information content (AvgIpc) is 2.76. The van der Waals surface area contributed by atoms with Gasteiger partial charge in [-0.2, -0.15) is 0 Å². The van der Waals surface area contributed by atoms with E-state index in [0.717, 1.165) is 5.56 Å². The van der Waals surface area contributed by atoms with Gasteiger partial charge in [0, 0.05) is 12.0 Å². The zero-order valence-corrected chi connectivity index (χ0v) is 26.3. The molecular weight excluding hydrogens is 488 g/mol. The van der Waals surface area contributed by atoms with E-state index in [0.29, 0.717) is 18.6 Å². The van der Waals surface area contributed by atoms with Crippen LogP contribution in [0.4, 0.5) is 0 Å². The summed E-state index contributed by atoms with van der Waals surface area (Å²) < 4.78 is 31.1. The van der Waals surface area contributed by atoms with Crippen LogP contribution in [0.3, 0.4) is 0 Å². The number of benzene rings is 1. The normalized spacial score (nSPS) is 21.8. The van der Waals surface area contributed by atoms with E-state index in [1.54, 1.807) is 0 Å². The Morgan fingerprint density at radius 1 is 0.917 bits per heavy atom. The van der Waals surface area contributed by atoms with Gasteiger partial charge in [-0.15, -0.1) is 0 Å². The smallest absolute Gasteiger partial charge is 0.333 e. The zero-order chi connectivity index (χ0) is 27.4. The molecule has 1 aliphatic rings. The number of esters is 1. The Bertz CT molecular complexity index is 884. The van der Waals surface area contributed by atoms with Gasteiger partial charge in [0.1, 0.15) is 19.0 Å². The molecular formula is C28H48O6Si2. The molecule has 1 aliphatic carbocycles. The maximum atomic E-state index is 12.6. The Kier molecular flexibility index (Phi) is 10.3. The van der Waals surface area contributed by atoms with E-state index in [1.807, 2.05) is 36.4 Å². The number of carbonyl (C=O) groups excluding carboxylic acids is 1. The van der Waals surface area contributed by atoms with Gasteiger partial charge in [0.25, 0.3) is 0 Å². The summed E-state index contributed by atoms with van der Waals surface area (Å²) in [4.78, 5) is 12.6. The van der Waals surface area contributed by atoms with Crippen LogP contribution in [0.5, 0.6) is 0 Å². The topological polar surface area (TPSA) is 63.2 Å². The minimum atomic E-state index is -2.19. The third-order valence-electron chi connectivity index (χ3n) is 7.87. The molecule has 0 N–H and O–H groups in total. The van der Waals surface area contributed by atoms with Gasteiger partial charge in [0.05, 0.1) is 19.8 Å². The Labute approximate surface area is 221 Å². The lowest BCUT2D eigenvalue weighted by atomic mass is 9.92. The molecule has 0 fully saturated rings. The first kappa shape index (κ1) is 30.9. The van der Waals surface area contributed by atoms with E-state index in [-0.39, 0.29) is 35.0 Å². The van der Waals surface area contributed by atoms with E-state index in [9.17, 15) is 4.79 Å². The van der Waals surface area contributed by atoms with Gasteiger partial charge >= 0.3 is 5.97 Å². The van der Waals surface area contributed by atoms with E-state index in [4.69, 9.17) is 23.1 Å². The van der Waals surface area contributed by atoms with E-state index in [1.165, 1.54) is 7.11 Å². The number of carbonyl (C=O) groups is 1. The van der Waals surface area contributed by atoms with Crippen molar-refractivity contribution in [3.63, 3.8) is 0 Å². The molecule has 8 heteroatoms. The van der Waals surface area contributed by atoms with Crippen molar-refractivity contribution in [2.45, 2.75) is 109 Å². The van der Waals surface area contributed by atoms with Gasteiger partial charge in [-0.05, 0) is 47.9 Å². The molecule has 3 atom stereocenters. The third-order valence-corrected chi connectivity index (χ3v) is 16.8. The van der Waals surface area contributed by atoms with Crippen molar-refractivity contribution in [3.8, 4) is 0 Å². The molecule has 2 rings (SSSR count). The molecule has 0 aliphatic heterocycles. The third kappa shape index (κ3) is 8.10. The SMILES string of the molecule is COC(=O)C1=C[C@H](OCOCc2ccccc2)[C@@H](O[Si](C)(C)C(C)(C)C)[C@H](O[Si](C)(C)C(C)(C)C)C1. The molecule has 36 heavy (non-hydrogen) atoms. The molecule has 0 radical (unpaired) electrons. The van der Waals surface area contributed by atoms with Crippen LogP contribution in [-0.2, 0) is 34.5 Å². The zero-order valence-electron chi connectivity index (χ0n) is 24.3. The van der Waals surface area contributed by atoms with Crippen LogP contribution < -0.4 is 0 Å². The maximum absolute atomic E-state index is 12.6. The van der Waals surface area contributed by atoms with Crippen molar-refractivity contribution in [2.75, 3.05) is 13.9 Å². The monoisotopic (exact) mass is 536 g/mol. The predicted molar refractivity (Wildman–Crippen MR) is 150 cm³/mol. The lowest BCUT2D eigenvalue weighted by molar-refractivity contribution is -0.142. The number of ether oxygens (including phenoxy) is 3. The first-order chi connectivity index (χ1) is 16.5. The van der Waals surface area contributed by atoms with Crippen LogP contribution in [0, 0.1) is 0 Å². The average molecular weight is 537 g/mol. The number of hydrogen-bond donors (Lipinski definition) is 0. The van der Waals surface area contributed by atoms with Gasteiger partial charge in [-0.1, -0.05) is 71.9 Å². The van der Waals surface area contributed by atoms with Gasteiger partial charge in [-0.25, -0.2) is 4.79 Å². The van der Waals surface area contributed by atoms with Crippen molar-refractivity contribution in [1.82, 2.24) is 0 Å². The van der Waals surface area contributed by atoms with E-state index in [2.05, 4.69) is 67.7 Å². The fourth-order valence-corrected chi connectivity index (χ4v) is 6.16. The Hall–Kier alpha value is -1.30. The molecule has 0 amide bonds. The molecule has 0 aromatic heterocycles. The summed E-state index contributed by atoms with van der Waals surface area (Å²) in [5, 5.41) is 0.0193. The second-order valence-electron chi connectivity index (χ2n) is 12.7. The Morgan fingerprint density at radius 3 is 2.00 bits per heavy atom. The first-order valence-corrected chi connectivity index (χ1v) is 18.7. The highest BCUT2D eigenvalue weighted by Crippen LogP contribution is 2.43. The molecule has 0 saturated carbocycles. The maximum Gasteiger partial charge on any atom is 0.333 e. The highest BCUT2D eigenvalue weighted by molar-refractivity contribution is 6.74. The summed E-state index contributed by atoms with van der Waals surface area (Å²) in [6, 6.07) is 9.98. The summed E-state index contributed by atoms with van der Waals surface area (Å²) in [5.41, 5.74) is 1.63. The lowest BCUT2D eigenvalue weighted by Crippen LogP contribution is -2.57. The highest BCUT2D eigenvalue weighted by atomic mass is 28.4. The fourth-order valence-electron chi connectivity index (χ4n) is 3.52. The van der Waals surface area contributed by atoms with Crippen molar-refractivity contribution in [3.05, 3.63) is 47.5 Å². The summed E-state index contributed by atoms with van der Waals surface area (Å²) in [6.45, 7) is 22.8. The molecule has 0 unspecified atom stereocenters. The first-order valence-electron chi connectivity index (χ1n) is 12.9. The van der Waals surface area contributed by atoms with Crippen molar-refractivity contribution >= 4 is 22.6 Å². The van der Waals surface area contributed by atoms with Crippen LogP contribution in [0.25, 0.3) is 0 Å². The highest BCUT2D eigenvalue weighted by Gasteiger charge is 2.48. The molecule has 204 valence electrons. The van der Waals surface area contributed by atoms with Crippen molar-refractivity contribution in [1.29, 1.82) is 0 Å². The van der Waals surface area contributed by atoms with Gasteiger partial charge < -0.3 is 23.1 Å². The number of methoxy groups -OCH3 is 1. The summed E-state index contributed by atoms with van der Waals surface area (Å²) in [6.07, 6.45) is 1.11. The van der Waals surface area contributed by atoms with Crippen LogP contribution in [-0.4, -0.2) is 54.8 Å². The fraction of sp³-hybridized carbons (Fsp3) is 0.679. The largest absolute Gasteiger partial charge is 0.466 e. The van der Waals surface area contributed by atoms with Crippen LogP contribution in [0.1, 0.15) is 53.5 Å². The van der Waals surface area contributed by atoms with Gasteiger partial charge in [-0.3, -0.25) is 0 Å². The minimum Gasteiger partial charge on any atom is -0.466 e. The van der Waals surface area contributed by atoms with E-state index < -0.39 is 22.7 Å². The summed E-state index contributed by atoms with van der Waals surface area (Å²) >= 11 is 0. The Balaban J connectivity index is 2.36. The molecule has 6 nitrogen and oxygen atoms in total. The van der Waals surface area contributed by atoms with Gasteiger partial charge in [0.15, 0.2) is 16.6 Å².